The van der Waals surface area contributed by atoms with Crippen LogP contribution >= 0.6 is 0 Å². The second-order valence-electron chi connectivity index (χ2n) is 22.4. The number of para-hydroxylation sites is 2. The maximum absolute atomic E-state index is 7.28. The third kappa shape index (κ3) is 4.89. The molecule has 0 bridgehead atoms. The zero-order valence-corrected chi connectivity index (χ0v) is 38.2. The van der Waals surface area contributed by atoms with Crippen molar-refractivity contribution in [3.05, 3.63) is 138 Å². The van der Waals surface area contributed by atoms with Gasteiger partial charge in [0, 0.05) is 49.6 Å². The zero-order valence-electron chi connectivity index (χ0n) is 38.2. The van der Waals surface area contributed by atoms with E-state index in [9.17, 15) is 0 Å². The molecule has 0 fully saturated rings. The van der Waals surface area contributed by atoms with Gasteiger partial charge >= 0.3 is 6.85 Å². The molecule has 0 saturated carbocycles. The molecule has 0 spiro atoms. The van der Waals surface area contributed by atoms with Crippen LogP contribution in [0.4, 0.5) is 11.4 Å². The normalized spacial score (nSPS) is 16.5. The molecule has 2 aliphatic heterocycles. The third-order valence-corrected chi connectivity index (χ3v) is 15.5. The number of benzene rings is 7. The van der Waals surface area contributed by atoms with Crippen molar-refractivity contribution in [3.63, 3.8) is 0 Å². The molecule has 0 amide bonds. The Morgan fingerprint density at radius 1 is 0.556 bits per heavy atom. The van der Waals surface area contributed by atoms with Crippen molar-refractivity contribution in [3.8, 4) is 16.8 Å². The van der Waals surface area contributed by atoms with Crippen molar-refractivity contribution in [2.24, 2.45) is 0 Å². The summed E-state index contributed by atoms with van der Waals surface area (Å²) in [5, 5.41) is 7.12. The summed E-state index contributed by atoms with van der Waals surface area (Å²) in [5.41, 5.74) is 20.5. The number of fused-ring (bicyclic) bond motifs is 17. The summed E-state index contributed by atoms with van der Waals surface area (Å²) < 4.78 is 16.7. The van der Waals surface area contributed by atoms with Gasteiger partial charge in [-0.25, -0.2) is 0 Å². The van der Waals surface area contributed by atoms with Gasteiger partial charge in [0.1, 0.15) is 22.3 Å². The number of aromatic nitrogens is 1. The van der Waals surface area contributed by atoms with Crippen LogP contribution in [0.3, 0.4) is 0 Å². The van der Waals surface area contributed by atoms with E-state index in [0.29, 0.717) is 0 Å². The molecule has 0 atom stereocenters. The highest BCUT2D eigenvalue weighted by molar-refractivity contribution is 6.94. The Labute approximate surface area is 369 Å². The Morgan fingerprint density at radius 3 is 1.89 bits per heavy atom. The van der Waals surface area contributed by atoms with Crippen LogP contribution in [-0.4, -0.2) is 11.4 Å². The number of nitrogens with zero attached hydrogens (tertiary/aromatic N) is 2. The standard InChI is InChI=1S/C58H53BN2O2/c1-55(2,3)32-19-22-34(23-20-32)61-43-24-21-33(56(4,5)6)27-38(43)49-50-36-16-12-14-18-47(36)63-54(50)51-39-28-40-41(58(9,10)26-25-57(40,7)8)30-44(39)60-45-29-37-35-15-11-13-17-46(35)62-48(37)31-42(45)59(61)52(49)53(51)60/h11-24,27-31H,25-26H2,1-10H3. The highest BCUT2D eigenvalue weighted by Gasteiger charge is 2.47. The minimum Gasteiger partial charge on any atom is -0.456 e. The Bertz CT molecular complexity index is 3650. The summed E-state index contributed by atoms with van der Waals surface area (Å²) in [6, 6.07) is 43.9. The van der Waals surface area contributed by atoms with Gasteiger partial charge in [-0.1, -0.05) is 124 Å². The summed E-state index contributed by atoms with van der Waals surface area (Å²) in [6.45, 7) is 23.5. The van der Waals surface area contributed by atoms with Crippen molar-refractivity contribution in [2.75, 3.05) is 4.81 Å². The first kappa shape index (κ1) is 37.4. The molecule has 0 saturated heterocycles. The summed E-state index contributed by atoms with van der Waals surface area (Å²) in [4.78, 5) is 2.65. The van der Waals surface area contributed by atoms with Crippen LogP contribution in [0.5, 0.6) is 0 Å². The van der Waals surface area contributed by atoms with Crippen LogP contribution in [0.1, 0.15) is 104 Å². The number of hydrogen-bond acceptors (Lipinski definition) is 3. The van der Waals surface area contributed by atoms with E-state index < -0.39 is 0 Å². The molecular formula is C58H53BN2O2. The molecule has 4 nitrogen and oxygen atoms in total. The second kappa shape index (κ2) is 11.9. The Hall–Kier alpha value is -6.20. The van der Waals surface area contributed by atoms with Crippen LogP contribution in [0.2, 0.25) is 0 Å². The third-order valence-electron chi connectivity index (χ3n) is 15.5. The highest BCUT2D eigenvalue weighted by Crippen LogP contribution is 2.54. The fraction of sp³-hybridized carbons (Fsp3) is 0.276. The topological polar surface area (TPSA) is 34.5 Å². The van der Waals surface area contributed by atoms with E-state index in [2.05, 4.69) is 194 Å². The smallest absolute Gasteiger partial charge is 0.333 e. The molecule has 1 aliphatic carbocycles. The van der Waals surface area contributed by atoms with Crippen molar-refractivity contribution in [1.82, 2.24) is 4.57 Å². The Morgan fingerprint density at radius 2 is 1.19 bits per heavy atom. The maximum atomic E-state index is 7.28. The van der Waals surface area contributed by atoms with Gasteiger partial charge in [-0.05, 0) is 134 Å². The lowest BCUT2D eigenvalue weighted by Gasteiger charge is -2.43. The minimum atomic E-state index is -0.166. The SMILES string of the molecule is CC(C)(C)c1ccc(N2B3c4cc5oc6ccccc6c5cc4-n4c5cc6c(cc5c5c7oc8ccccc8c7c(c3c54)-c3cc(C(C)(C)C)ccc32)C(C)(C)CCC6(C)C)cc1. The fourth-order valence-corrected chi connectivity index (χ4v) is 11.9. The molecule has 0 N–H and O–H groups in total. The molecule has 5 heteroatoms. The molecule has 10 aromatic rings. The predicted octanol–water partition coefficient (Wildman–Crippen LogP) is 14.8. The van der Waals surface area contributed by atoms with Crippen molar-refractivity contribution < 1.29 is 8.83 Å². The number of hydrogen-bond donors (Lipinski definition) is 0. The van der Waals surface area contributed by atoms with Gasteiger partial charge in [0.15, 0.2) is 0 Å². The van der Waals surface area contributed by atoms with Gasteiger partial charge in [-0.2, -0.15) is 0 Å². The number of furan rings is 2. The number of rotatable bonds is 1. The van der Waals surface area contributed by atoms with E-state index in [4.69, 9.17) is 8.83 Å². The van der Waals surface area contributed by atoms with E-state index in [1.165, 1.54) is 88.6 Å². The van der Waals surface area contributed by atoms with E-state index >= 15 is 0 Å². The van der Waals surface area contributed by atoms with Crippen LogP contribution in [-0.2, 0) is 21.7 Å². The van der Waals surface area contributed by atoms with Crippen LogP contribution in [0.15, 0.2) is 124 Å². The van der Waals surface area contributed by atoms with Gasteiger partial charge in [-0.3, -0.25) is 0 Å². The lowest BCUT2D eigenvalue weighted by molar-refractivity contribution is 0.332. The van der Waals surface area contributed by atoms with E-state index in [1.807, 2.05) is 0 Å². The zero-order chi connectivity index (χ0) is 43.3. The second-order valence-corrected chi connectivity index (χ2v) is 22.4. The van der Waals surface area contributed by atoms with E-state index in [1.54, 1.807) is 0 Å². The van der Waals surface area contributed by atoms with Crippen LogP contribution in [0, 0.1) is 0 Å². The molecule has 0 unspecified atom stereocenters. The molecule has 63 heavy (non-hydrogen) atoms. The predicted molar refractivity (Wildman–Crippen MR) is 267 cm³/mol. The largest absolute Gasteiger partial charge is 0.456 e. The first-order valence-corrected chi connectivity index (χ1v) is 23.0. The summed E-state index contributed by atoms with van der Waals surface area (Å²) in [5.74, 6) is 0. The first-order chi connectivity index (χ1) is 30.0. The molecule has 5 heterocycles. The van der Waals surface area contributed by atoms with Crippen LogP contribution in [0.25, 0.3) is 82.5 Å². The molecule has 0 radical (unpaired) electrons. The summed E-state index contributed by atoms with van der Waals surface area (Å²) in [6.07, 6.45) is 2.30. The average molecular weight is 821 g/mol. The van der Waals surface area contributed by atoms with Crippen molar-refractivity contribution >= 4 is 94.8 Å². The van der Waals surface area contributed by atoms with Crippen LogP contribution < -0.4 is 15.7 Å². The lowest BCUT2D eigenvalue weighted by Crippen LogP contribution is -2.60. The molecule has 3 aliphatic rings. The Balaban J connectivity index is 1.29. The molecule has 3 aromatic heterocycles. The first-order valence-electron chi connectivity index (χ1n) is 23.0. The minimum absolute atomic E-state index is 0.0280. The maximum Gasteiger partial charge on any atom is 0.333 e. The Kier molecular flexibility index (Phi) is 7.04. The van der Waals surface area contributed by atoms with Gasteiger partial charge in [-0.15, -0.1) is 0 Å². The van der Waals surface area contributed by atoms with E-state index in [-0.39, 0.29) is 28.5 Å². The quantitative estimate of drug-likeness (QED) is 0.155. The summed E-state index contributed by atoms with van der Waals surface area (Å²) in [7, 11) is 0. The number of anilines is 2. The molecule has 13 rings (SSSR count). The monoisotopic (exact) mass is 820 g/mol. The molecular weight excluding hydrogens is 767 g/mol. The van der Waals surface area contributed by atoms with Gasteiger partial charge in [0.2, 0.25) is 0 Å². The van der Waals surface area contributed by atoms with Gasteiger partial charge < -0.3 is 18.2 Å². The van der Waals surface area contributed by atoms with Crippen molar-refractivity contribution in [1.29, 1.82) is 0 Å². The van der Waals surface area contributed by atoms with Gasteiger partial charge in [0.25, 0.3) is 0 Å². The highest BCUT2D eigenvalue weighted by atomic mass is 16.3. The molecule has 310 valence electrons. The molecule has 7 aromatic carbocycles. The average Bonchev–Trinajstić information content (AvgIpc) is 3.92. The van der Waals surface area contributed by atoms with Crippen molar-refractivity contribution in [2.45, 2.75) is 104 Å². The summed E-state index contributed by atoms with van der Waals surface area (Å²) >= 11 is 0. The van der Waals surface area contributed by atoms with E-state index in [0.717, 1.165) is 51.3 Å². The fourth-order valence-electron chi connectivity index (χ4n) is 11.9. The lowest BCUT2D eigenvalue weighted by atomic mass is 9.43. The van der Waals surface area contributed by atoms with Gasteiger partial charge in [0.05, 0.1) is 16.4 Å².